The molecule has 0 spiro atoms. The molecule has 1 nitrogen and oxygen atoms in total. The Balaban J connectivity index is 3.49. The first-order valence-electron chi connectivity index (χ1n) is 1.97. The summed E-state index contributed by atoms with van der Waals surface area (Å²) in [6.45, 7) is 5.44. The van der Waals surface area contributed by atoms with Crippen molar-refractivity contribution in [2.24, 2.45) is 5.14 Å². The molecule has 0 atom stereocenters. The molecule has 0 radical (unpaired) electrons. The Labute approximate surface area is 48.4 Å². The fourth-order valence-electron chi connectivity index (χ4n) is 0.205. The minimum atomic E-state index is 1.08. The van der Waals surface area contributed by atoms with Crippen LogP contribution >= 0.6 is 11.9 Å². The van der Waals surface area contributed by atoms with Gasteiger partial charge >= 0.3 is 0 Å². The van der Waals surface area contributed by atoms with Gasteiger partial charge in [-0.25, -0.2) is 0 Å². The van der Waals surface area contributed by atoms with Crippen LogP contribution in [0.15, 0.2) is 23.6 Å². The average Bonchev–Trinajstić information content (AvgIpc) is 1.68. The SMILES string of the molecule is C=C/C=C(/C)SN. The van der Waals surface area contributed by atoms with E-state index in [1.165, 1.54) is 11.9 Å². The van der Waals surface area contributed by atoms with Crippen LogP contribution in [0, 0.1) is 0 Å². The van der Waals surface area contributed by atoms with Crippen molar-refractivity contribution in [1.29, 1.82) is 0 Å². The Hall–Kier alpha value is -0.210. The van der Waals surface area contributed by atoms with Gasteiger partial charge in [0.05, 0.1) is 0 Å². The second-order valence-electron chi connectivity index (χ2n) is 1.13. The third kappa shape index (κ3) is 3.62. The predicted octanol–water partition coefficient (Wildman–Crippen LogP) is 1.68. The average molecular weight is 115 g/mol. The zero-order chi connectivity index (χ0) is 5.70. The summed E-state index contributed by atoms with van der Waals surface area (Å²) in [4.78, 5) is 1.08. The predicted molar refractivity (Wildman–Crippen MR) is 35.7 cm³/mol. The lowest BCUT2D eigenvalue weighted by atomic mass is 10.5. The molecule has 2 N–H and O–H groups in total. The van der Waals surface area contributed by atoms with Crippen LogP contribution in [0.3, 0.4) is 0 Å². The maximum Gasteiger partial charge on any atom is -0.00302 e. The quantitative estimate of drug-likeness (QED) is 0.437. The Bertz CT molecular complexity index is 86.1. The van der Waals surface area contributed by atoms with Crippen LogP contribution in [-0.2, 0) is 0 Å². The van der Waals surface area contributed by atoms with Crippen LogP contribution < -0.4 is 5.14 Å². The van der Waals surface area contributed by atoms with Gasteiger partial charge in [-0.2, -0.15) is 0 Å². The van der Waals surface area contributed by atoms with E-state index >= 15 is 0 Å². The molecule has 0 aromatic carbocycles. The molecule has 0 aliphatic heterocycles. The van der Waals surface area contributed by atoms with E-state index < -0.39 is 0 Å². The van der Waals surface area contributed by atoms with Gasteiger partial charge < -0.3 is 0 Å². The monoisotopic (exact) mass is 115 g/mol. The molecule has 0 saturated carbocycles. The summed E-state index contributed by atoms with van der Waals surface area (Å²) in [7, 11) is 0. The summed E-state index contributed by atoms with van der Waals surface area (Å²) in [5.74, 6) is 0. The molecule has 7 heavy (non-hydrogen) atoms. The van der Waals surface area contributed by atoms with Crippen molar-refractivity contribution in [1.82, 2.24) is 0 Å². The van der Waals surface area contributed by atoms with Crippen LogP contribution in [0.25, 0.3) is 0 Å². The van der Waals surface area contributed by atoms with E-state index in [-0.39, 0.29) is 0 Å². The lowest BCUT2D eigenvalue weighted by molar-refractivity contribution is 1.67. The van der Waals surface area contributed by atoms with E-state index in [4.69, 9.17) is 5.14 Å². The van der Waals surface area contributed by atoms with E-state index in [1.54, 1.807) is 6.08 Å². The molecule has 40 valence electrons. The Morgan fingerprint density at radius 2 is 2.43 bits per heavy atom. The van der Waals surface area contributed by atoms with Crippen molar-refractivity contribution in [3.05, 3.63) is 23.6 Å². The highest BCUT2D eigenvalue weighted by atomic mass is 32.2. The molecule has 0 fully saturated rings. The minimum Gasteiger partial charge on any atom is -0.274 e. The van der Waals surface area contributed by atoms with Gasteiger partial charge in [0.2, 0.25) is 0 Å². The highest BCUT2D eigenvalue weighted by Gasteiger charge is 1.75. The summed E-state index contributed by atoms with van der Waals surface area (Å²) in [6.07, 6.45) is 3.58. The van der Waals surface area contributed by atoms with Gasteiger partial charge in [-0.05, 0) is 11.8 Å². The molecule has 0 aromatic heterocycles. The third-order valence-corrected chi connectivity index (χ3v) is 1.05. The summed E-state index contributed by atoms with van der Waals surface area (Å²) in [5.41, 5.74) is 0. The summed E-state index contributed by atoms with van der Waals surface area (Å²) in [5, 5.41) is 5.16. The first-order chi connectivity index (χ1) is 3.31. The molecule has 0 amide bonds. The summed E-state index contributed by atoms with van der Waals surface area (Å²) < 4.78 is 0. The molecule has 2 heteroatoms. The van der Waals surface area contributed by atoms with Gasteiger partial charge in [0, 0.05) is 0 Å². The van der Waals surface area contributed by atoms with Crippen LogP contribution in [0.4, 0.5) is 0 Å². The van der Waals surface area contributed by atoms with E-state index in [1.807, 2.05) is 13.0 Å². The maximum atomic E-state index is 5.16. The highest BCUT2D eigenvalue weighted by Crippen LogP contribution is 2.03. The lowest BCUT2D eigenvalue weighted by Crippen LogP contribution is -1.74. The maximum absolute atomic E-state index is 5.16. The number of nitrogens with two attached hydrogens (primary N) is 1. The van der Waals surface area contributed by atoms with Crippen molar-refractivity contribution in [2.45, 2.75) is 6.92 Å². The van der Waals surface area contributed by atoms with Crippen molar-refractivity contribution < 1.29 is 0 Å². The van der Waals surface area contributed by atoms with Gasteiger partial charge in [0.25, 0.3) is 0 Å². The third-order valence-electron chi connectivity index (χ3n) is 0.538. The fourth-order valence-corrected chi connectivity index (χ4v) is 0.380. The van der Waals surface area contributed by atoms with Crippen molar-refractivity contribution >= 4 is 11.9 Å². The van der Waals surface area contributed by atoms with E-state index in [0.717, 1.165) is 4.91 Å². The van der Waals surface area contributed by atoms with Gasteiger partial charge in [0.1, 0.15) is 0 Å². The topological polar surface area (TPSA) is 26.0 Å². The Kier molecular flexibility index (Phi) is 3.84. The Morgan fingerprint density at radius 3 is 2.57 bits per heavy atom. The van der Waals surface area contributed by atoms with Crippen LogP contribution in [0.1, 0.15) is 6.92 Å². The van der Waals surface area contributed by atoms with Crippen molar-refractivity contribution in [3.63, 3.8) is 0 Å². The molecule has 0 aliphatic carbocycles. The lowest BCUT2D eigenvalue weighted by Gasteiger charge is -1.85. The van der Waals surface area contributed by atoms with E-state index in [0.29, 0.717) is 0 Å². The zero-order valence-corrected chi connectivity index (χ0v) is 5.16. The largest absolute Gasteiger partial charge is 0.274 e. The molecule has 0 aromatic rings. The number of rotatable bonds is 2. The van der Waals surface area contributed by atoms with E-state index in [9.17, 15) is 0 Å². The number of hydrogen-bond donors (Lipinski definition) is 1. The standard InChI is InChI=1S/C5H9NS/c1-3-4-5(2)7-6/h3-4H,1,6H2,2H3/b5-4-. The smallest absolute Gasteiger partial charge is 0.00302 e. The second kappa shape index (κ2) is 3.96. The highest BCUT2D eigenvalue weighted by molar-refractivity contribution is 8.00. The zero-order valence-electron chi connectivity index (χ0n) is 4.35. The normalized spacial score (nSPS) is 11.4. The minimum absolute atomic E-state index is 1.08. The van der Waals surface area contributed by atoms with Crippen LogP contribution in [0.5, 0.6) is 0 Å². The molecule has 0 saturated heterocycles. The van der Waals surface area contributed by atoms with E-state index in [2.05, 4.69) is 6.58 Å². The van der Waals surface area contributed by atoms with Crippen LogP contribution in [-0.4, -0.2) is 0 Å². The van der Waals surface area contributed by atoms with Gasteiger partial charge in [-0.15, -0.1) is 0 Å². The number of hydrogen-bond acceptors (Lipinski definition) is 2. The van der Waals surface area contributed by atoms with Crippen molar-refractivity contribution in [2.75, 3.05) is 0 Å². The number of allylic oxidation sites excluding steroid dienone is 3. The first-order valence-corrected chi connectivity index (χ1v) is 2.85. The molecular formula is C5H9NS. The first kappa shape index (κ1) is 6.79. The van der Waals surface area contributed by atoms with Gasteiger partial charge in [-0.3, -0.25) is 5.14 Å². The second-order valence-corrected chi connectivity index (χ2v) is 2.01. The molecule has 0 bridgehead atoms. The summed E-state index contributed by atoms with van der Waals surface area (Å²) >= 11 is 1.24. The summed E-state index contributed by atoms with van der Waals surface area (Å²) in [6, 6.07) is 0. The molecule has 0 heterocycles. The molecular weight excluding hydrogens is 106 g/mol. The molecule has 0 unspecified atom stereocenters. The molecule has 0 aliphatic rings. The van der Waals surface area contributed by atoms with Gasteiger partial charge in [0.15, 0.2) is 0 Å². The van der Waals surface area contributed by atoms with Gasteiger partial charge in [-0.1, -0.05) is 30.7 Å². The van der Waals surface area contributed by atoms with Crippen LogP contribution in [0.2, 0.25) is 0 Å². The Morgan fingerprint density at radius 1 is 1.86 bits per heavy atom. The fraction of sp³-hybridized carbons (Fsp3) is 0.200. The van der Waals surface area contributed by atoms with Crippen molar-refractivity contribution in [3.8, 4) is 0 Å². The molecule has 0 rings (SSSR count).